The molecule has 1 N–H and O–H groups in total. The molecule has 4 heteroatoms. The first-order valence-corrected chi connectivity index (χ1v) is 4.79. The van der Waals surface area contributed by atoms with E-state index in [4.69, 9.17) is 0 Å². The normalized spacial score (nSPS) is 11.3. The Morgan fingerprint density at radius 1 is 1.64 bits per heavy atom. The van der Waals surface area contributed by atoms with E-state index in [1.807, 2.05) is 0 Å². The van der Waals surface area contributed by atoms with Crippen LogP contribution >= 0.6 is 0 Å². The summed E-state index contributed by atoms with van der Waals surface area (Å²) in [5.74, 6) is -0.0203. The van der Waals surface area contributed by atoms with Crippen LogP contribution in [0.4, 0.5) is 0 Å². The molecule has 0 spiro atoms. The quantitative estimate of drug-likeness (QED) is 0.689. The van der Waals surface area contributed by atoms with Gasteiger partial charge in [0.25, 0.3) is 0 Å². The van der Waals surface area contributed by atoms with Gasteiger partial charge in [0.1, 0.15) is 5.03 Å². The fraction of sp³-hybridized carbons (Fsp3) is 0.143. The molecule has 0 aliphatic carbocycles. The molecule has 0 unspecified atom stereocenters. The van der Waals surface area contributed by atoms with Gasteiger partial charge in [0.2, 0.25) is 0 Å². The minimum atomic E-state index is -3.14. The van der Waals surface area contributed by atoms with Crippen LogP contribution < -0.4 is 0 Å². The molecule has 1 heterocycles. The van der Waals surface area contributed by atoms with Crippen molar-refractivity contribution in [1.29, 1.82) is 0 Å². The highest BCUT2D eigenvalue weighted by molar-refractivity contribution is 7.91. The number of rotatable bonds is 3. The van der Waals surface area contributed by atoms with Crippen LogP contribution in [0.2, 0.25) is 0 Å². The van der Waals surface area contributed by atoms with E-state index in [1.165, 1.54) is 12.1 Å². The molecule has 0 bridgehead atoms. The average molecular weight is 171 g/mol. The van der Waals surface area contributed by atoms with Gasteiger partial charge in [-0.05, 0) is 12.1 Å². The van der Waals surface area contributed by atoms with Gasteiger partial charge in [-0.2, -0.15) is 0 Å². The lowest BCUT2D eigenvalue weighted by atomic mass is 10.7. The number of aromatic nitrogens is 1. The average Bonchev–Trinajstić information content (AvgIpc) is 2.37. The Morgan fingerprint density at radius 2 is 2.36 bits per heavy atom. The van der Waals surface area contributed by atoms with Crippen molar-refractivity contribution in [1.82, 2.24) is 4.98 Å². The van der Waals surface area contributed by atoms with Crippen molar-refractivity contribution < 1.29 is 8.42 Å². The third-order valence-corrected chi connectivity index (χ3v) is 2.84. The molecular formula is C7H9NO2S. The van der Waals surface area contributed by atoms with Gasteiger partial charge in [0.15, 0.2) is 9.84 Å². The third kappa shape index (κ3) is 1.71. The lowest BCUT2D eigenvalue weighted by molar-refractivity contribution is 0.596. The highest BCUT2D eigenvalue weighted by Gasteiger charge is 2.11. The van der Waals surface area contributed by atoms with Crippen molar-refractivity contribution in [3.05, 3.63) is 31.0 Å². The van der Waals surface area contributed by atoms with E-state index in [2.05, 4.69) is 11.6 Å². The highest BCUT2D eigenvalue weighted by Crippen LogP contribution is 2.06. The van der Waals surface area contributed by atoms with Crippen molar-refractivity contribution in [3.8, 4) is 0 Å². The van der Waals surface area contributed by atoms with E-state index < -0.39 is 9.84 Å². The zero-order valence-electron chi connectivity index (χ0n) is 5.95. The summed E-state index contributed by atoms with van der Waals surface area (Å²) in [5.41, 5.74) is 0. The van der Waals surface area contributed by atoms with Crippen molar-refractivity contribution in [3.63, 3.8) is 0 Å². The first-order chi connectivity index (χ1) is 5.17. The predicted octanol–water partition coefficient (Wildman–Crippen LogP) is 0.974. The molecule has 1 aromatic heterocycles. The summed E-state index contributed by atoms with van der Waals surface area (Å²) < 4.78 is 22.4. The van der Waals surface area contributed by atoms with Crippen molar-refractivity contribution >= 4 is 9.84 Å². The summed E-state index contributed by atoms with van der Waals surface area (Å²) in [6.07, 6.45) is 2.95. The summed E-state index contributed by atoms with van der Waals surface area (Å²) in [4.78, 5) is 2.63. The molecule has 1 aromatic rings. The Hall–Kier alpha value is -1.03. The van der Waals surface area contributed by atoms with E-state index in [-0.39, 0.29) is 10.8 Å². The third-order valence-electron chi connectivity index (χ3n) is 1.24. The van der Waals surface area contributed by atoms with Gasteiger partial charge in [-0.1, -0.05) is 6.08 Å². The molecule has 0 atom stereocenters. The Morgan fingerprint density at radius 3 is 2.82 bits per heavy atom. The molecule has 0 aliphatic heterocycles. The Balaban J connectivity index is 3.01. The minimum absolute atomic E-state index is 0.0203. The largest absolute Gasteiger partial charge is 0.352 e. The van der Waals surface area contributed by atoms with Crippen molar-refractivity contribution in [2.24, 2.45) is 0 Å². The fourth-order valence-corrected chi connectivity index (χ4v) is 1.78. The maximum absolute atomic E-state index is 11.2. The molecule has 0 fully saturated rings. The number of H-pyrrole nitrogens is 1. The lowest BCUT2D eigenvalue weighted by Crippen LogP contribution is -2.04. The summed E-state index contributed by atoms with van der Waals surface area (Å²) in [7, 11) is -3.14. The molecule has 1 rings (SSSR count). The monoisotopic (exact) mass is 171 g/mol. The van der Waals surface area contributed by atoms with Gasteiger partial charge in [-0.3, -0.25) is 0 Å². The molecule has 0 saturated carbocycles. The van der Waals surface area contributed by atoms with Gasteiger partial charge in [-0.15, -0.1) is 6.58 Å². The second kappa shape index (κ2) is 2.92. The minimum Gasteiger partial charge on any atom is -0.352 e. The molecule has 60 valence electrons. The second-order valence-corrected chi connectivity index (χ2v) is 4.11. The molecule has 11 heavy (non-hydrogen) atoms. The van der Waals surface area contributed by atoms with E-state index in [1.54, 1.807) is 12.3 Å². The van der Waals surface area contributed by atoms with Gasteiger partial charge in [0, 0.05) is 6.20 Å². The zero-order valence-corrected chi connectivity index (χ0v) is 6.76. The second-order valence-electron chi connectivity index (χ2n) is 2.10. The predicted molar refractivity (Wildman–Crippen MR) is 43.0 cm³/mol. The molecule has 0 amide bonds. The number of hydrogen-bond donors (Lipinski definition) is 1. The van der Waals surface area contributed by atoms with E-state index >= 15 is 0 Å². The van der Waals surface area contributed by atoms with Crippen LogP contribution in [0.5, 0.6) is 0 Å². The van der Waals surface area contributed by atoms with Gasteiger partial charge in [0.05, 0.1) is 5.75 Å². The summed E-state index contributed by atoms with van der Waals surface area (Å²) in [6.45, 7) is 3.36. The maximum Gasteiger partial charge on any atom is 0.197 e. The molecular weight excluding hydrogens is 162 g/mol. The van der Waals surface area contributed by atoms with E-state index in [0.29, 0.717) is 0 Å². The van der Waals surface area contributed by atoms with Crippen LogP contribution in [0.25, 0.3) is 0 Å². The van der Waals surface area contributed by atoms with Crippen LogP contribution in [-0.4, -0.2) is 19.2 Å². The summed E-state index contributed by atoms with van der Waals surface area (Å²) in [5, 5.41) is 0.248. The van der Waals surface area contributed by atoms with Gasteiger partial charge < -0.3 is 4.98 Å². The standard InChI is InChI=1S/C7H9NO2S/c1-2-6-11(9,10)7-4-3-5-8-7/h2-5,8H,1,6H2. The Bertz CT molecular complexity index is 323. The Labute approximate surface area is 65.7 Å². The number of hydrogen-bond acceptors (Lipinski definition) is 2. The van der Waals surface area contributed by atoms with Crippen LogP contribution in [0.1, 0.15) is 0 Å². The molecule has 0 aromatic carbocycles. The first-order valence-electron chi connectivity index (χ1n) is 3.14. The summed E-state index contributed by atoms with van der Waals surface area (Å²) in [6, 6.07) is 3.18. The number of aromatic amines is 1. The zero-order chi connectivity index (χ0) is 8.32. The van der Waals surface area contributed by atoms with Gasteiger partial charge >= 0.3 is 0 Å². The van der Waals surface area contributed by atoms with Crippen LogP contribution in [0.3, 0.4) is 0 Å². The van der Waals surface area contributed by atoms with E-state index in [0.717, 1.165) is 0 Å². The molecule has 3 nitrogen and oxygen atoms in total. The lowest BCUT2D eigenvalue weighted by Gasteiger charge is -1.94. The van der Waals surface area contributed by atoms with Crippen LogP contribution in [-0.2, 0) is 9.84 Å². The molecule has 0 radical (unpaired) electrons. The fourth-order valence-electron chi connectivity index (χ4n) is 0.752. The summed E-state index contributed by atoms with van der Waals surface area (Å²) >= 11 is 0. The SMILES string of the molecule is C=CCS(=O)(=O)c1ccc[nH]1. The molecule has 0 saturated heterocycles. The van der Waals surface area contributed by atoms with Gasteiger partial charge in [-0.25, -0.2) is 8.42 Å². The van der Waals surface area contributed by atoms with Crippen LogP contribution in [0, 0.1) is 0 Å². The van der Waals surface area contributed by atoms with Crippen LogP contribution in [0.15, 0.2) is 36.0 Å². The maximum atomic E-state index is 11.2. The van der Waals surface area contributed by atoms with E-state index in [9.17, 15) is 8.42 Å². The molecule has 0 aliphatic rings. The van der Waals surface area contributed by atoms with Crippen molar-refractivity contribution in [2.45, 2.75) is 5.03 Å². The topological polar surface area (TPSA) is 49.9 Å². The van der Waals surface area contributed by atoms with Crippen molar-refractivity contribution in [2.75, 3.05) is 5.75 Å². The first kappa shape index (κ1) is 8.07. The smallest absolute Gasteiger partial charge is 0.197 e. The number of sulfone groups is 1. The number of nitrogens with one attached hydrogen (secondary N) is 1. The highest BCUT2D eigenvalue weighted by atomic mass is 32.2. The Kier molecular flexibility index (Phi) is 2.14.